The molecule has 4 nitrogen and oxygen atoms in total. The van der Waals surface area contributed by atoms with Crippen LogP contribution in [0.3, 0.4) is 0 Å². The van der Waals surface area contributed by atoms with Gasteiger partial charge in [-0.3, -0.25) is 4.98 Å². The van der Waals surface area contributed by atoms with Crippen molar-refractivity contribution < 1.29 is 0 Å². The fourth-order valence-corrected chi connectivity index (χ4v) is 12.7. The zero-order chi connectivity index (χ0) is 32.1. The Labute approximate surface area is 269 Å². The Hall–Kier alpha value is -4.14. The summed E-state index contributed by atoms with van der Waals surface area (Å²) in [5.74, 6) is 3.74. The smallest absolute Gasteiger partial charge is 0.146 e. The van der Waals surface area contributed by atoms with E-state index in [0.717, 1.165) is 68.0 Å². The molecule has 0 saturated carbocycles. The molecule has 0 unspecified atom stereocenters. The fourth-order valence-electron chi connectivity index (χ4n) is 7.46. The van der Waals surface area contributed by atoms with Crippen LogP contribution in [0.1, 0.15) is 83.7 Å². The molecule has 0 atom stereocenters. The number of aromatic nitrogens is 4. The number of benzene rings is 1. The summed E-state index contributed by atoms with van der Waals surface area (Å²) in [5, 5.41) is 0. The molecule has 4 aromatic rings. The van der Waals surface area contributed by atoms with Crippen LogP contribution < -0.4 is 0 Å². The van der Waals surface area contributed by atoms with Gasteiger partial charge in [-0.2, -0.15) is 0 Å². The highest BCUT2D eigenvalue weighted by atomic mass is 28.3. The molecule has 5 heterocycles. The second kappa shape index (κ2) is 11.7. The predicted molar refractivity (Wildman–Crippen MR) is 195 cm³/mol. The van der Waals surface area contributed by atoms with Crippen LogP contribution in [-0.2, 0) is 11.8 Å². The van der Waals surface area contributed by atoms with Gasteiger partial charge in [-0.1, -0.05) is 91.1 Å². The third-order valence-electron chi connectivity index (χ3n) is 9.87. The van der Waals surface area contributed by atoms with Crippen LogP contribution in [0.25, 0.3) is 44.8 Å². The maximum atomic E-state index is 5.32. The zero-order valence-corrected chi connectivity index (χ0v) is 29.3. The van der Waals surface area contributed by atoms with Gasteiger partial charge in [0.1, 0.15) is 8.07 Å². The van der Waals surface area contributed by atoms with Gasteiger partial charge < -0.3 is 9.97 Å². The first-order chi connectivity index (χ1) is 21.4. The molecule has 0 saturated heterocycles. The average molecular weight is 611 g/mol. The highest BCUT2D eigenvalue weighted by Gasteiger charge is 2.41. The van der Waals surface area contributed by atoms with E-state index in [4.69, 9.17) is 9.97 Å². The normalized spacial score (nSPS) is 14.5. The maximum absolute atomic E-state index is 5.32. The lowest BCUT2D eigenvalue weighted by atomic mass is 9.87. The van der Waals surface area contributed by atoms with Crippen LogP contribution in [0, 0.1) is 18.4 Å². The molecular formula is C40H46N4Si. The molecule has 8 bridgehead atoms. The number of hydrogen-bond acceptors (Lipinski definition) is 2. The van der Waals surface area contributed by atoms with Crippen molar-refractivity contribution in [1.29, 1.82) is 0 Å². The predicted octanol–water partition coefficient (Wildman–Crippen LogP) is 10.6. The SMILES string of the molecule is Cc1ccc(-c2c3nc(cc4ccc(cc5nc(cc6ccc2[nH]6)CC5(C)C)[nH]4)C(C#C[Si](C(C)C)(C(C)C)C(C)C)=C3)cc1. The number of allylic oxidation sites excluding steroid dienone is 1. The number of hydrogen-bond donors (Lipinski definition) is 2. The molecule has 0 amide bonds. The minimum Gasteiger partial charge on any atom is -0.355 e. The lowest BCUT2D eigenvalue weighted by Crippen LogP contribution is -2.43. The minimum absolute atomic E-state index is 0.0481. The largest absolute Gasteiger partial charge is 0.355 e. The van der Waals surface area contributed by atoms with Gasteiger partial charge >= 0.3 is 0 Å². The van der Waals surface area contributed by atoms with Gasteiger partial charge in [0.25, 0.3) is 0 Å². The van der Waals surface area contributed by atoms with Gasteiger partial charge in [-0.05, 0) is 77.7 Å². The van der Waals surface area contributed by atoms with Gasteiger partial charge in [0.2, 0.25) is 0 Å². The van der Waals surface area contributed by atoms with Crippen LogP contribution in [-0.4, -0.2) is 28.0 Å². The molecule has 0 fully saturated rings. The second-order valence-corrected chi connectivity index (χ2v) is 20.1. The van der Waals surface area contributed by atoms with Crippen molar-refractivity contribution in [3.63, 3.8) is 0 Å². The van der Waals surface area contributed by atoms with Crippen molar-refractivity contribution in [3.8, 4) is 22.6 Å². The van der Waals surface area contributed by atoms with Crippen LogP contribution in [0.15, 0.2) is 66.7 Å². The minimum atomic E-state index is -1.95. The summed E-state index contributed by atoms with van der Waals surface area (Å²) in [5.41, 5.74) is 18.1. The Balaban J connectivity index is 1.69. The van der Waals surface area contributed by atoms with Gasteiger partial charge in [0.05, 0.1) is 17.0 Å². The molecular weight excluding hydrogens is 565 g/mol. The highest BCUT2D eigenvalue weighted by Crippen LogP contribution is 2.41. The Morgan fingerprint density at radius 3 is 2.04 bits per heavy atom. The summed E-state index contributed by atoms with van der Waals surface area (Å²) in [7, 11) is -1.95. The summed E-state index contributed by atoms with van der Waals surface area (Å²) in [6.45, 7) is 20.9. The summed E-state index contributed by atoms with van der Waals surface area (Å²) >= 11 is 0. The standard InChI is InChI=1S/C40H46N4Si/c1-25(2)45(26(3)4,27(5)6)19-18-30-20-37-39(29-12-10-28(7)11-13-29)35-17-16-31(42-35)21-34-24-40(8,9)38(43-34)23-33-15-14-32(41-33)22-36(30)44-37/h10-17,20-23,25-27,41-42H,24H2,1-9H3. The zero-order valence-electron chi connectivity index (χ0n) is 28.3. The van der Waals surface area contributed by atoms with E-state index in [1.165, 1.54) is 5.56 Å². The number of nitrogens with one attached hydrogen (secondary N) is 2. The van der Waals surface area contributed by atoms with E-state index in [9.17, 15) is 0 Å². The Kier molecular flexibility index (Phi) is 7.99. The molecule has 3 aromatic heterocycles. The van der Waals surface area contributed by atoms with Crippen LogP contribution >= 0.6 is 0 Å². The van der Waals surface area contributed by atoms with Gasteiger partial charge in [-0.15, -0.1) is 5.54 Å². The molecule has 2 N–H and O–H groups in total. The van der Waals surface area contributed by atoms with Crippen molar-refractivity contribution in [3.05, 3.63) is 95.1 Å². The Morgan fingerprint density at radius 2 is 1.38 bits per heavy atom. The summed E-state index contributed by atoms with van der Waals surface area (Å²) < 4.78 is 0. The first kappa shape index (κ1) is 30.9. The number of aryl methyl sites for hydroxylation is 1. The summed E-state index contributed by atoms with van der Waals surface area (Å²) in [4.78, 5) is 17.7. The number of fused-ring (bicyclic) bond motifs is 8. The Morgan fingerprint density at radius 1 is 0.756 bits per heavy atom. The van der Waals surface area contributed by atoms with Crippen LogP contribution in [0.5, 0.6) is 0 Å². The number of H-pyrrole nitrogens is 2. The topological polar surface area (TPSA) is 57.4 Å². The monoisotopic (exact) mass is 610 g/mol. The first-order valence-electron chi connectivity index (χ1n) is 16.4. The third kappa shape index (κ3) is 5.84. The fraction of sp³-hybridized carbons (Fsp3) is 0.350. The summed E-state index contributed by atoms with van der Waals surface area (Å²) in [6, 6.07) is 23.9. The van der Waals surface area contributed by atoms with Gasteiger partial charge in [0.15, 0.2) is 0 Å². The number of aromatic amines is 2. The van der Waals surface area contributed by atoms with Gasteiger partial charge in [0, 0.05) is 50.9 Å². The molecule has 0 spiro atoms. The third-order valence-corrected chi connectivity index (χ3v) is 16.2. The maximum Gasteiger partial charge on any atom is 0.146 e. The second-order valence-electron chi connectivity index (χ2n) is 14.5. The average Bonchev–Trinajstić information content (AvgIpc) is 3.74. The first-order valence-corrected chi connectivity index (χ1v) is 18.6. The molecule has 230 valence electrons. The van der Waals surface area contributed by atoms with Crippen molar-refractivity contribution >= 4 is 41.8 Å². The van der Waals surface area contributed by atoms with Crippen LogP contribution in [0.2, 0.25) is 16.6 Å². The van der Waals surface area contributed by atoms with Crippen molar-refractivity contribution in [2.75, 3.05) is 0 Å². The van der Waals surface area contributed by atoms with Crippen LogP contribution in [0.4, 0.5) is 0 Å². The van der Waals surface area contributed by atoms with Crippen molar-refractivity contribution in [2.45, 2.75) is 90.8 Å². The van der Waals surface area contributed by atoms with E-state index in [2.05, 4.69) is 157 Å². The van der Waals surface area contributed by atoms with Gasteiger partial charge in [-0.25, -0.2) is 4.98 Å². The summed E-state index contributed by atoms with van der Waals surface area (Å²) in [6.07, 6.45) is 3.10. The van der Waals surface area contributed by atoms with E-state index >= 15 is 0 Å². The van der Waals surface area contributed by atoms with E-state index in [1.54, 1.807) is 0 Å². The van der Waals surface area contributed by atoms with Crippen molar-refractivity contribution in [1.82, 2.24) is 19.9 Å². The molecule has 5 heteroatoms. The van der Waals surface area contributed by atoms with Crippen molar-refractivity contribution in [2.24, 2.45) is 0 Å². The quantitative estimate of drug-likeness (QED) is 0.178. The molecule has 6 rings (SSSR count). The molecule has 2 aliphatic heterocycles. The molecule has 45 heavy (non-hydrogen) atoms. The van der Waals surface area contributed by atoms with E-state index in [0.29, 0.717) is 16.6 Å². The Bertz CT molecular complexity index is 1980. The van der Waals surface area contributed by atoms with E-state index in [-0.39, 0.29) is 5.41 Å². The van der Waals surface area contributed by atoms with E-state index < -0.39 is 8.07 Å². The highest BCUT2D eigenvalue weighted by molar-refractivity contribution is 6.90. The molecule has 0 radical (unpaired) electrons. The lowest BCUT2D eigenvalue weighted by Gasteiger charge is -2.38. The molecule has 1 aromatic carbocycles. The lowest BCUT2D eigenvalue weighted by molar-refractivity contribution is 0.543. The number of rotatable bonds is 4. The number of nitrogens with zero attached hydrogens (tertiary/aromatic N) is 2. The molecule has 0 aliphatic carbocycles. The van der Waals surface area contributed by atoms with E-state index in [1.807, 2.05) is 0 Å². The molecule has 2 aliphatic rings.